The fourth-order valence-corrected chi connectivity index (χ4v) is 1.91. The Morgan fingerprint density at radius 1 is 1.32 bits per heavy atom. The maximum atomic E-state index is 11.6. The van der Waals surface area contributed by atoms with Gasteiger partial charge < -0.3 is 10.4 Å². The van der Waals surface area contributed by atoms with Crippen molar-refractivity contribution in [3.8, 4) is 0 Å². The molecule has 7 heteroatoms. The van der Waals surface area contributed by atoms with Gasteiger partial charge >= 0.3 is 5.97 Å². The third-order valence-corrected chi connectivity index (χ3v) is 2.92. The van der Waals surface area contributed by atoms with E-state index < -0.39 is 11.9 Å². The largest absolute Gasteiger partial charge is 0.476 e. The van der Waals surface area contributed by atoms with Crippen molar-refractivity contribution in [1.29, 1.82) is 0 Å². The van der Waals surface area contributed by atoms with Crippen LogP contribution in [0.2, 0.25) is 0 Å². The molecule has 0 aromatic carbocycles. The summed E-state index contributed by atoms with van der Waals surface area (Å²) in [5.41, 5.74) is -0.291. The molecule has 0 saturated heterocycles. The molecule has 2 rings (SSSR count). The third-order valence-electron chi connectivity index (χ3n) is 2.08. The molecule has 0 aliphatic carbocycles. The van der Waals surface area contributed by atoms with Gasteiger partial charge in [0.1, 0.15) is 0 Å². The number of aromatic carboxylic acids is 1. The molecule has 0 bridgehead atoms. The molecule has 0 aliphatic heterocycles. The fourth-order valence-electron chi connectivity index (χ4n) is 1.29. The average Bonchev–Trinajstić information content (AvgIpc) is 2.90. The van der Waals surface area contributed by atoms with Crippen molar-refractivity contribution in [2.24, 2.45) is 0 Å². The number of thiophene rings is 1. The van der Waals surface area contributed by atoms with Crippen molar-refractivity contribution in [3.63, 3.8) is 0 Å². The van der Waals surface area contributed by atoms with Crippen LogP contribution in [-0.2, 0) is 4.79 Å². The van der Waals surface area contributed by atoms with E-state index >= 15 is 0 Å². The van der Waals surface area contributed by atoms with Crippen molar-refractivity contribution in [1.82, 2.24) is 9.97 Å². The van der Waals surface area contributed by atoms with Gasteiger partial charge in [0.2, 0.25) is 5.91 Å². The standard InChI is InChI=1S/C12H9N3O3S/c16-9(4-3-8-2-1-7-19-8)15-11-10(12(17)18)13-5-6-14-11/h1-7H,(H,17,18)(H,14,15,16). The van der Waals surface area contributed by atoms with Crippen LogP contribution >= 0.6 is 11.3 Å². The smallest absolute Gasteiger partial charge is 0.358 e. The summed E-state index contributed by atoms with van der Waals surface area (Å²) in [7, 11) is 0. The Morgan fingerprint density at radius 3 is 2.79 bits per heavy atom. The van der Waals surface area contributed by atoms with E-state index in [0.29, 0.717) is 0 Å². The van der Waals surface area contributed by atoms with Gasteiger partial charge in [-0.25, -0.2) is 14.8 Å². The van der Waals surface area contributed by atoms with E-state index in [0.717, 1.165) is 4.88 Å². The van der Waals surface area contributed by atoms with Crippen molar-refractivity contribution in [2.45, 2.75) is 0 Å². The Labute approximate surface area is 112 Å². The molecule has 1 amide bonds. The number of carboxylic acids is 1. The minimum Gasteiger partial charge on any atom is -0.476 e. The van der Waals surface area contributed by atoms with Crippen LogP contribution in [0.3, 0.4) is 0 Å². The number of anilines is 1. The van der Waals surface area contributed by atoms with Crippen LogP contribution in [0.4, 0.5) is 5.82 Å². The maximum Gasteiger partial charge on any atom is 0.358 e. The molecule has 0 saturated carbocycles. The first-order valence-electron chi connectivity index (χ1n) is 5.23. The van der Waals surface area contributed by atoms with Gasteiger partial charge in [-0.2, -0.15) is 0 Å². The second-order valence-corrected chi connectivity index (χ2v) is 4.38. The molecule has 19 heavy (non-hydrogen) atoms. The number of carbonyl (C=O) groups is 2. The summed E-state index contributed by atoms with van der Waals surface area (Å²) in [6.07, 6.45) is 5.51. The van der Waals surface area contributed by atoms with Gasteiger partial charge in [-0.3, -0.25) is 4.79 Å². The van der Waals surface area contributed by atoms with Crippen LogP contribution in [0.15, 0.2) is 36.0 Å². The molecule has 0 radical (unpaired) electrons. The Kier molecular flexibility index (Phi) is 3.99. The summed E-state index contributed by atoms with van der Waals surface area (Å²) in [6.45, 7) is 0. The van der Waals surface area contributed by atoms with E-state index in [1.54, 1.807) is 6.08 Å². The first kappa shape index (κ1) is 12.9. The number of hydrogen-bond acceptors (Lipinski definition) is 5. The Hall–Kier alpha value is -2.54. The topological polar surface area (TPSA) is 92.2 Å². The van der Waals surface area contributed by atoms with Crippen LogP contribution in [0.25, 0.3) is 6.08 Å². The molecular weight excluding hydrogens is 266 g/mol. The van der Waals surface area contributed by atoms with Crippen molar-refractivity contribution in [3.05, 3.63) is 46.6 Å². The summed E-state index contributed by atoms with van der Waals surface area (Å²) in [5, 5.41) is 13.2. The predicted molar refractivity (Wildman–Crippen MR) is 71.0 cm³/mol. The number of carbonyl (C=O) groups excluding carboxylic acids is 1. The monoisotopic (exact) mass is 275 g/mol. The lowest BCUT2D eigenvalue weighted by Crippen LogP contribution is -2.14. The zero-order valence-corrected chi connectivity index (χ0v) is 10.4. The van der Waals surface area contributed by atoms with E-state index in [2.05, 4.69) is 15.3 Å². The number of carboxylic acid groups (broad SMARTS) is 1. The highest BCUT2D eigenvalue weighted by Gasteiger charge is 2.13. The highest BCUT2D eigenvalue weighted by molar-refractivity contribution is 7.10. The van der Waals surface area contributed by atoms with Crippen LogP contribution in [0, 0.1) is 0 Å². The lowest BCUT2D eigenvalue weighted by molar-refractivity contribution is -0.111. The molecule has 6 nitrogen and oxygen atoms in total. The minimum atomic E-state index is -1.24. The average molecular weight is 275 g/mol. The van der Waals surface area contributed by atoms with Gasteiger partial charge in [0.15, 0.2) is 11.5 Å². The number of nitrogens with zero attached hydrogens (tertiary/aromatic N) is 2. The highest BCUT2D eigenvalue weighted by atomic mass is 32.1. The van der Waals surface area contributed by atoms with Gasteiger partial charge in [-0.1, -0.05) is 6.07 Å². The van der Waals surface area contributed by atoms with Gasteiger partial charge in [0.05, 0.1) is 0 Å². The van der Waals surface area contributed by atoms with Crippen LogP contribution in [0.5, 0.6) is 0 Å². The number of amides is 1. The van der Waals surface area contributed by atoms with Gasteiger partial charge in [-0.15, -0.1) is 11.3 Å². The summed E-state index contributed by atoms with van der Waals surface area (Å²) in [6, 6.07) is 3.73. The van der Waals surface area contributed by atoms with Gasteiger partial charge in [0.25, 0.3) is 0 Å². The Balaban J connectivity index is 2.09. The second-order valence-electron chi connectivity index (χ2n) is 3.40. The minimum absolute atomic E-state index is 0.0733. The summed E-state index contributed by atoms with van der Waals surface area (Å²) in [4.78, 5) is 30.9. The lowest BCUT2D eigenvalue weighted by atomic mass is 10.3. The Bertz CT molecular complexity index is 623. The molecule has 0 fully saturated rings. The second kappa shape index (κ2) is 5.87. The van der Waals surface area contributed by atoms with Gasteiger partial charge in [-0.05, 0) is 17.5 Å². The zero-order valence-electron chi connectivity index (χ0n) is 9.61. The van der Waals surface area contributed by atoms with E-state index in [1.165, 1.54) is 29.8 Å². The normalized spacial score (nSPS) is 10.5. The van der Waals surface area contributed by atoms with Crippen molar-refractivity contribution < 1.29 is 14.7 Å². The fraction of sp³-hybridized carbons (Fsp3) is 0. The number of rotatable bonds is 4. The molecule has 2 N–H and O–H groups in total. The van der Waals surface area contributed by atoms with Crippen LogP contribution in [0.1, 0.15) is 15.4 Å². The maximum absolute atomic E-state index is 11.6. The first-order valence-corrected chi connectivity index (χ1v) is 6.11. The molecule has 0 unspecified atom stereocenters. The van der Waals surface area contributed by atoms with E-state index in [-0.39, 0.29) is 11.5 Å². The van der Waals surface area contributed by atoms with E-state index in [4.69, 9.17) is 5.11 Å². The lowest BCUT2D eigenvalue weighted by Gasteiger charge is -2.03. The first-order chi connectivity index (χ1) is 9.16. The third kappa shape index (κ3) is 3.46. The highest BCUT2D eigenvalue weighted by Crippen LogP contribution is 2.11. The van der Waals surface area contributed by atoms with Crippen molar-refractivity contribution >= 4 is 35.1 Å². The van der Waals surface area contributed by atoms with E-state index in [1.807, 2.05) is 17.5 Å². The summed E-state index contributed by atoms with van der Waals surface area (Å²) < 4.78 is 0. The zero-order chi connectivity index (χ0) is 13.7. The summed E-state index contributed by atoms with van der Waals surface area (Å²) in [5.74, 6) is -1.78. The summed E-state index contributed by atoms with van der Waals surface area (Å²) >= 11 is 1.49. The molecular formula is C12H9N3O3S. The number of hydrogen-bond donors (Lipinski definition) is 2. The SMILES string of the molecule is O=C(C=Cc1cccs1)Nc1nccnc1C(=O)O. The van der Waals surface area contributed by atoms with Gasteiger partial charge in [0, 0.05) is 23.3 Å². The van der Waals surface area contributed by atoms with Crippen molar-refractivity contribution in [2.75, 3.05) is 5.32 Å². The molecule has 0 spiro atoms. The van der Waals surface area contributed by atoms with Crippen LogP contribution in [-0.4, -0.2) is 27.0 Å². The molecule has 96 valence electrons. The predicted octanol–water partition coefficient (Wildman–Crippen LogP) is 1.89. The molecule has 2 aromatic heterocycles. The molecule has 0 aliphatic rings. The Morgan fingerprint density at radius 2 is 2.11 bits per heavy atom. The molecule has 2 heterocycles. The number of nitrogens with one attached hydrogen (secondary N) is 1. The van der Waals surface area contributed by atoms with Crippen LogP contribution < -0.4 is 5.32 Å². The number of aromatic nitrogens is 2. The quantitative estimate of drug-likeness (QED) is 0.831. The molecule has 0 atom stereocenters. The van der Waals surface area contributed by atoms with E-state index in [9.17, 15) is 9.59 Å². The molecule has 2 aromatic rings.